The monoisotopic (exact) mass is 182 g/mol. The van der Waals surface area contributed by atoms with Gasteiger partial charge in [-0.1, -0.05) is 12.1 Å². The molecule has 0 bridgehead atoms. The van der Waals surface area contributed by atoms with Gasteiger partial charge in [-0.15, -0.1) is 0 Å². The van der Waals surface area contributed by atoms with Gasteiger partial charge in [-0.05, 0) is 25.5 Å². The molecule has 70 valence electrons. The molecule has 0 heterocycles. The van der Waals surface area contributed by atoms with Crippen molar-refractivity contribution < 1.29 is 14.3 Å². The van der Waals surface area contributed by atoms with Gasteiger partial charge in [0.15, 0.2) is 0 Å². The number of benzene rings is 1. The Bertz CT molecular complexity index is 334. The fourth-order valence-corrected chi connectivity index (χ4v) is 1.12. The average Bonchev–Trinajstić information content (AvgIpc) is 2.03. The van der Waals surface area contributed by atoms with Gasteiger partial charge in [0.2, 0.25) is 0 Å². The number of rotatable bonds is 2. The Labute approximate surface area is 76.0 Å². The molecule has 0 aromatic heterocycles. The van der Waals surface area contributed by atoms with Crippen LogP contribution in [0.15, 0.2) is 18.2 Å². The summed E-state index contributed by atoms with van der Waals surface area (Å²) in [7, 11) is 0. The summed E-state index contributed by atoms with van der Waals surface area (Å²) < 4.78 is 13.2. The largest absolute Gasteiger partial charge is 0.481 e. The Morgan fingerprint density at radius 3 is 2.62 bits per heavy atom. The molecule has 2 nitrogen and oxygen atoms in total. The quantitative estimate of drug-likeness (QED) is 0.762. The van der Waals surface area contributed by atoms with E-state index in [2.05, 4.69) is 0 Å². The Morgan fingerprint density at radius 1 is 1.54 bits per heavy atom. The minimum Gasteiger partial charge on any atom is -0.481 e. The van der Waals surface area contributed by atoms with E-state index in [0.29, 0.717) is 0 Å². The van der Waals surface area contributed by atoms with Crippen molar-refractivity contribution in [3.05, 3.63) is 35.1 Å². The van der Waals surface area contributed by atoms with Crippen LogP contribution in [0.2, 0.25) is 0 Å². The third kappa shape index (κ3) is 2.05. The van der Waals surface area contributed by atoms with Gasteiger partial charge >= 0.3 is 5.97 Å². The Balaban J connectivity index is 3.08. The molecule has 0 fully saturated rings. The zero-order valence-corrected chi connectivity index (χ0v) is 7.54. The second-order valence-electron chi connectivity index (χ2n) is 3.08. The summed E-state index contributed by atoms with van der Waals surface area (Å²) in [6.45, 7) is 3.23. The summed E-state index contributed by atoms with van der Waals surface area (Å²) in [5, 5.41) is 8.66. The van der Waals surface area contributed by atoms with Gasteiger partial charge in [-0.25, -0.2) is 4.39 Å². The first-order chi connectivity index (χ1) is 6.02. The molecule has 1 atom stereocenters. The van der Waals surface area contributed by atoms with E-state index in [-0.39, 0.29) is 5.56 Å². The van der Waals surface area contributed by atoms with Gasteiger partial charge in [0, 0.05) is 5.56 Å². The standard InChI is InChI=1S/C10H11FO2/c1-6-3-4-8(9(11)5-6)7(2)10(12)13/h3-5,7H,1-2H3,(H,12,13). The van der Waals surface area contributed by atoms with Crippen LogP contribution in [0.25, 0.3) is 0 Å². The molecule has 1 aromatic carbocycles. The molecule has 3 heteroatoms. The lowest BCUT2D eigenvalue weighted by molar-refractivity contribution is -0.138. The Morgan fingerprint density at radius 2 is 2.15 bits per heavy atom. The maximum absolute atomic E-state index is 13.2. The van der Waals surface area contributed by atoms with Crippen molar-refractivity contribution in [3.63, 3.8) is 0 Å². The van der Waals surface area contributed by atoms with Crippen molar-refractivity contribution in [2.45, 2.75) is 19.8 Å². The molecule has 0 aliphatic carbocycles. The van der Waals surface area contributed by atoms with Gasteiger partial charge < -0.3 is 5.11 Å². The fraction of sp³-hybridized carbons (Fsp3) is 0.300. The number of aryl methyl sites for hydroxylation is 1. The van der Waals surface area contributed by atoms with Gasteiger partial charge in [0.05, 0.1) is 5.92 Å². The summed E-state index contributed by atoms with van der Waals surface area (Å²) in [5.41, 5.74) is 1.02. The second kappa shape index (κ2) is 3.56. The summed E-state index contributed by atoms with van der Waals surface area (Å²) in [5.74, 6) is -2.25. The first-order valence-electron chi connectivity index (χ1n) is 4.01. The Hall–Kier alpha value is -1.38. The zero-order chi connectivity index (χ0) is 10.0. The highest BCUT2D eigenvalue weighted by Gasteiger charge is 2.17. The second-order valence-corrected chi connectivity index (χ2v) is 3.08. The van der Waals surface area contributed by atoms with Crippen molar-refractivity contribution in [2.24, 2.45) is 0 Å². The molecule has 1 rings (SSSR count). The SMILES string of the molecule is Cc1ccc(C(C)C(=O)O)c(F)c1. The van der Waals surface area contributed by atoms with Crippen LogP contribution in [0.1, 0.15) is 24.0 Å². The molecule has 13 heavy (non-hydrogen) atoms. The van der Waals surface area contributed by atoms with E-state index in [0.717, 1.165) is 5.56 Å². The third-order valence-electron chi connectivity index (χ3n) is 1.99. The number of halogens is 1. The van der Waals surface area contributed by atoms with Crippen molar-refractivity contribution in [1.29, 1.82) is 0 Å². The number of carboxylic acids is 1. The normalized spacial score (nSPS) is 12.5. The van der Waals surface area contributed by atoms with E-state index in [4.69, 9.17) is 5.11 Å². The van der Waals surface area contributed by atoms with Crippen LogP contribution in [0.3, 0.4) is 0 Å². The van der Waals surface area contributed by atoms with E-state index in [1.54, 1.807) is 13.0 Å². The molecule has 0 spiro atoms. The number of carboxylic acid groups (broad SMARTS) is 1. The maximum Gasteiger partial charge on any atom is 0.310 e. The minimum absolute atomic E-state index is 0.234. The van der Waals surface area contributed by atoms with E-state index in [1.165, 1.54) is 19.1 Å². The van der Waals surface area contributed by atoms with E-state index < -0.39 is 17.7 Å². The smallest absolute Gasteiger partial charge is 0.310 e. The van der Waals surface area contributed by atoms with Crippen LogP contribution < -0.4 is 0 Å². The summed E-state index contributed by atoms with van der Waals surface area (Å²) in [6.07, 6.45) is 0. The van der Waals surface area contributed by atoms with Crippen molar-refractivity contribution >= 4 is 5.97 Å². The molecule has 0 aliphatic rings. The average molecular weight is 182 g/mol. The summed E-state index contributed by atoms with van der Waals surface area (Å²) >= 11 is 0. The van der Waals surface area contributed by atoms with Crippen molar-refractivity contribution in [1.82, 2.24) is 0 Å². The molecule has 0 saturated carbocycles. The van der Waals surface area contributed by atoms with E-state index >= 15 is 0 Å². The van der Waals surface area contributed by atoms with Crippen LogP contribution in [-0.2, 0) is 4.79 Å². The molecule has 0 saturated heterocycles. The van der Waals surface area contributed by atoms with E-state index in [1.807, 2.05) is 0 Å². The first-order valence-corrected chi connectivity index (χ1v) is 4.01. The zero-order valence-electron chi connectivity index (χ0n) is 7.54. The molecule has 0 radical (unpaired) electrons. The topological polar surface area (TPSA) is 37.3 Å². The first kappa shape index (κ1) is 9.71. The molecular formula is C10H11FO2. The van der Waals surface area contributed by atoms with Crippen LogP contribution in [-0.4, -0.2) is 11.1 Å². The van der Waals surface area contributed by atoms with Gasteiger partial charge in [-0.3, -0.25) is 4.79 Å². The number of aliphatic carboxylic acids is 1. The lowest BCUT2D eigenvalue weighted by Crippen LogP contribution is -2.09. The summed E-state index contributed by atoms with van der Waals surface area (Å²) in [4.78, 5) is 10.6. The van der Waals surface area contributed by atoms with Crippen LogP contribution in [0, 0.1) is 12.7 Å². The predicted molar refractivity (Wildman–Crippen MR) is 47.2 cm³/mol. The summed E-state index contributed by atoms with van der Waals surface area (Å²) in [6, 6.07) is 4.57. The third-order valence-corrected chi connectivity index (χ3v) is 1.99. The minimum atomic E-state index is -1.01. The molecular weight excluding hydrogens is 171 g/mol. The lowest BCUT2D eigenvalue weighted by atomic mass is 10.00. The van der Waals surface area contributed by atoms with Crippen LogP contribution in [0.4, 0.5) is 4.39 Å². The number of carbonyl (C=O) groups is 1. The maximum atomic E-state index is 13.2. The fourth-order valence-electron chi connectivity index (χ4n) is 1.12. The highest BCUT2D eigenvalue weighted by molar-refractivity contribution is 5.75. The molecule has 0 aliphatic heterocycles. The Kier molecular flexibility index (Phi) is 2.66. The highest BCUT2D eigenvalue weighted by Crippen LogP contribution is 2.19. The predicted octanol–water partition coefficient (Wildman–Crippen LogP) is 2.32. The molecule has 1 unspecified atom stereocenters. The van der Waals surface area contributed by atoms with E-state index in [9.17, 15) is 9.18 Å². The number of hydrogen-bond acceptors (Lipinski definition) is 1. The van der Waals surface area contributed by atoms with Gasteiger partial charge in [-0.2, -0.15) is 0 Å². The number of hydrogen-bond donors (Lipinski definition) is 1. The highest BCUT2D eigenvalue weighted by atomic mass is 19.1. The van der Waals surface area contributed by atoms with Crippen LogP contribution >= 0.6 is 0 Å². The van der Waals surface area contributed by atoms with Gasteiger partial charge in [0.25, 0.3) is 0 Å². The van der Waals surface area contributed by atoms with Crippen molar-refractivity contribution in [2.75, 3.05) is 0 Å². The van der Waals surface area contributed by atoms with Gasteiger partial charge in [0.1, 0.15) is 5.82 Å². The lowest BCUT2D eigenvalue weighted by Gasteiger charge is -2.07. The van der Waals surface area contributed by atoms with Crippen molar-refractivity contribution in [3.8, 4) is 0 Å². The van der Waals surface area contributed by atoms with Crippen LogP contribution in [0.5, 0.6) is 0 Å². The molecule has 1 N–H and O–H groups in total. The molecule has 1 aromatic rings. The molecule has 0 amide bonds.